The van der Waals surface area contributed by atoms with E-state index in [-0.39, 0.29) is 5.78 Å². The molecular weight excluding hydrogens is 218 g/mol. The summed E-state index contributed by atoms with van der Waals surface area (Å²) in [6, 6.07) is 2.20. The van der Waals surface area contributed by atoms with Gasteiger partial charge < -0.3 is 4.74 Å². The highest BCUT2D eigenvalue weighted by Crippen LogP contribution is 2.10. The van der Waals surface area contributed by atoms with Gasteiger partial charge in [0.15, 0.2) is 5.78 Å². The van der Waals surface area contributed by atoms with Crippen LogP contribution in [0.3, 0.4) is 0 Å². The minimum Gasteiger partial charge on any atom is -0.365 e. The highest BCUT2D eigenvalue weighted by atomic mass is 16.5. The first-order valence-corrected chi connectivity index (χ1v) is 6.08. The number of aryl methyl sites for hydroxylation is 2. The number of hydrogen-bond donors (Lipinski definition) is 1. The molecule has 1 atom stereocenters. The molecule has 5 nitrogen and oxygen atoms in total. The van der Waals surface area contributed by atoms with Gasteiger partial charge in [-0.25, -0.2) is 0 Å². The van der Waals surface area contributed by atoms with Crippen LogP contribution < -0.4 is 5.32 Å². The molecule has 0 radical (unpaired) electrons. The summed E-state index contributed by atoms with van der Waals surface area (Å²) in [6.07, 6.45) is 2.24. The zero-order valence-electron chi connectivity index (χ0n) is 10.4. The number of carbonyl (C=O) groups is 1. The monoisotopic (exact) mass is 237 g/mol. The number of aromatic nitrogens is 2. The predicted molar refractivity (Wildman–Crippen MR) is 63.9 cm³/mol. The smallest absolute Gasteiger partial charge is 0.183 e. The SMILES string of the molecule is CCc1cc(C(=O)CCC2COCN2)nn1C. The second-order valence-electron chi connectivity index (χ2n) is 4.38. The van der Waals surface area contributed by atoms with E-state index in [1.165, 1.54) is 0 Å². The topological polar surface area (TPSA) is 56.1 Å². The van der Waals surface area contributed by atoms with Crippen molar-refractivity contribution in [2.75, 3.05) is 13.3 Å². The number of carbonyl (C=O) groups excluding carboxylic acids is 1. The lowest BCUT2D eigenvalue weighted by Gasteiger charge is -2.05. The molecule has 0 amide bonds. The maximum atomic E-state index is 11.9. The van der Waals surface area contributed by atoms with Crippen molar-refractivity contribution in [1.29, 1.82) is 0 Å². The van der Waals surface area contributed by atoms with Gasteiger partial charge in [0.1, 0.15) is 5.69 Å². The van der Waals surface area contributed by atoms with E-state index in [1.54, 1.807) is 4.68 Å². The second kappa shape index (κ2) is 5.42. The van der Waals surface area contributed by atoms with Crippen LogP contribution in [0.4, 0.5) is 0 Å². The fourth-order valence-electron chi connectivity index (χ4n) is 2.03. The summed E-state index contributed by atoms with van der Waals surface area (Å²) in [5.41, 5.74) is 1.68. The van der Waals surface area contributed by atoms with Gasteiger partial charge in [0, 0.05) is 25.2 Å². The molecule has 1 aliphatic heterocycles. The Bertz CT molecular complexity index is 394. The molecule has 17 heavy (non-hydrogen) atoms. The number of ether oxygens (including phenoxy) is 1. The molecule has 0 saturated carbocycles. The highest BCUT2D eigenvalue weighted by Gasteiger charge is 2.18. The molecule has 94 valence electrons. The Hall–Kier alpha value is -1.20. The minimum atomic E-state index is 0.119. The van der Waals surface area contributed by atoms with Crippen molar-refractivity contribution in [2.24, 2.45) is 7.05 Å². The van der Waals surface area contributed by atoms with Gasteiger partial charge in [0.25, 0.3) is 0 Å². The van der Waals surface area contributed by atoms with Crippen molar-refractivity contribution in [3.05, 3.63) is 17.5 Å². The van der Waals surface area contributed by atoms with Crippen molar-refractivity contribution < 1.29 is 9.53 Å². The first kappa shape index (κ1) is 12.3. The lowest BCUT2D eigenvalue weighted by Crippen LogP contribution is -2.24. The summed E-state index contributed by atoms with van der Waals surface area (Å²) in [4.78, 5) is 11.9. The number of nitrogens with one attached hydrogen (secondary N) is 1. The van der Waals surface area contributed by atoms with E-state index in [4.69, 9.17) is 4.74 Å². The fraction of sp³-hybridized carbons (Fsp3) is 0.667. The third kappa shape index (κ3) is 2.92. The van der Waals surface area contributed by atoms with Crippen LogP contribution in [0.5, 0.6) is 0 Å². The maximum Gasteiger partial charge on any atom is 0.183 e. The van der Waals surface area contributed by atoms with Crippen LogP contribution in [0.15, 0.2) is 6.07 Å². The minimum absolute atomic E-state index is 0.119. The fourth-order valence-corrected chi connectivity index (χ4v) is 2.03. The van der Waals surface area contributed by atoms with Gasteiger partial charge in [0.2, 0.25) is 0 Å². The second-order valence-corrected chi connectivity index (χ2v) is 4.38. The lowest BCUT2D eigenvalue weighted by molar-refractivity contribution is 0.0970. The van der Waals surface area contributed by atoms with E-state index in [1.807, 2.05) is 13.1 Å². The summed E-state index contributed by atoms with van der Waals surface area (Å²) in [6.45, 7) is 3.36. The Morgan fingerprint density at radius 1 is 1.71 bits per heavy atom. The van der Waals surface area contributed by atoms with Crippen LogP contribution >= 0.6 is 0 Å². The summed E-state index contributed by atoms with van der Waals surface area (Å²) < 4.78 is 6.98. The third-order valence-corrected chi connectivity index (χ3v) is 3.14. The van der Waals surface area contributed by atoms with E-state index in [2.05, 4.69) is 17.3 Å². The number of hydrogen-bond acceptors (Lipinski definition) is 4. The molecule has 1 fully saturated rings. The Kier molecular flexibility index (Phi) is 3.91. The van der Waals surface area contributed by atoms with Crippen molar-refractivity contribution >= 4 is 5.78 Å². The summed E-state index contributed by atoms with van der Waals surface area (Å²) >= 11 is 0. The van der Waals surface area contributed by atoms with Crippen molar-refractivity contribution in [3.63, 3.8) is 0 Å². The van der Waals surface area contributed by atoms with Gasteiger partial charge in [-0.1, -0.05) is 6.92 Å². The Balaban J connectivity index is 1.89. The van der Waals surface area contributed by atoms with Crippen LogP contribution in [-0.4, -0.2) is 34.9 Å². The molecule has 0 bridgehead atoms. The van der Waals surface area contributed by atoms with Gasteiger partial charge in [-0.2, -0.15) is 5.10 Å². The summed E-state index contributed by atoms with van der Waals surface area (Å²) in [5, 5.41) is 7.43. The number of rotatable bonds is 5. The molecule has 0 spiro atoms. The van der Waals surface area contributed by atoms with E-state index in [0.717, 1.165) is 18.5 Å². The van der Waals surface area contributed by atoms with Crippen LogP contribution in [0, 0.1) is 0 Å². The van der Waals surface area contributed by atoms with Gasteiger partial charge in [-0.05, 0) is 18.9 Å². The number of Topliss-reactive ketones (excluding diaryl/α,β-unsaturated/α-hetero) is 1. The molecule has 2 rings (SSSR count). The zero-order valence-corrected chi connectivity index (χ0v) is 10.4. The highest BCUT2D eigenvalue weighted by molar-refractivity contribution is 5.94. The normalized spacial score (nSPS) is 19.8. The predicted octanol–water partition coefficient (Wildman–Crippen LogP) is 0.891. The van der Waals surface area contributed by atoms with Crippen molar-refractivity contribution in [3.8, 4) is 0 Å². The average Bonchev–Trinajstić information content (AvgIpc) is 2.94. The van der Waals surface area contributed by atoms with E-state index in [0.29, 0.717) is 31.5 Å². The van der Waals surface area contributed by atoms with E-state index < -0.39 is 0 Å². The van der Waals surface area contributed by atoms with E-state index in [9.17, 15) is 4.79 Å². The summed E-state index contributed by atoms with van der Waals surface area (Å²) in [5.74, 6) is 0.119. The molecule has 1 aliphatic rings. The van der Waals surface area contributed by atoms with Crippen molar-refractivity contribution in [1.82, 2.24) is 15.1 Å². The molecule has 1 aromatic heterocycles. The first-order valence-electron chi connectivity index (χ1n) is 6.08. The zero-order chi connectivity index (χ0) is 12.3. The molecule has 0 aromatic carbocycles. The molecule has 1 aromatic rings. The molecular formula is C12H19N3O2. The van der Waals surface area contributed by atoms with Gasteiger partial charge in [0.05, 0.1) is 13.3 Å². The van der Waals surface area contributed by atoms with Gasteiger partial charge in [-0.15, -0.1) is 0 Å². The maximum absolute atomic E-state index is 11.9. The standard InChI is InChI=1S/C12H19N3O2/c1-3-10-6-11(14-15(10)2)12(16)5-4-9-7-17-8-13-9/h6,9,13H,3-5,7-8H2,1-2H3. The molecule has 1 N–H and O–H groups in total. The molecule has 2 heterocycles. The lowest BCUT2D eigenvalue weighted by atomic mass is 10.1. The quantitative estimate of drug-likeness (QED) is 0.773. The number of nitrogens with zero attached hydrogens (tertiary/aromatic N) is 2. The third-order valence-electron chi connectivity index (χ3n) is 3.14. The largest absolute Gasteiger partial charge is 0.365 e. The Morgan fingerprint density at radius 2 is 2.53 bits per heavy atom. The van der Waals surface area contributed by atoms with Gasteiger partial charge >= 0.3 is 0 Å². The van der Waals surface area contributed by atoms with E-state index >= 15 is 0 Å². The molecule has 1 unspecified atom stereocenters. The van der Waals surface area contributed by atoms with Crippen LogP contribution in [-0.2, 0) is 18.2 Å². The van der Waals surface area contributed by atoms with Crippen LogP contribution in [0.2, 0.25) is 0 Å². The van der Waals surface area contributed by atoms with Crippen LogP contribution in [0.1, 0.15) is 35.9 Å². The Morgan fingerprint density at radius 3 is 3.12 bits per heavy atom. The first-order chi connectivity index (χ1) is 8.20. The number of ketones is 1. The summed E-state index contributed by atoms with van der Waals surface area (Å²) in [7, 11) is 1.88. The van der Waals surface area contributed by atoms with Crippen LogP contribution in [0.25, 0.3) is 0 Å². The molecule has 0 aliphatic carbocycles. The molecule has 1 saturated heterocycles. The molecule has 5 heteroatoms. The average molecular weight is 237 g/mol. The Labute approximate surface area is 101 Å². The van der Waals surface area contributed by atoms with Crippen molar-refractivity contribution in [2.45, 2.75) is 32.2 Å². The van der Waals surface area contributed by atoms with Gasteiger partial charge in [-0.3, -0.25) is 14.8 Å².